The minimum atomic E-state index is -2.95. The molecular weight excluding hydrogens is 222 g/mol. The van der Waals surface area contributed by atoms with Crippen molar-refractivity contribution >= 4 is 9.84 Å². The molecule has 0 aromatic carbocycles. The highest BCUT2D eigenvalue weighted by atomic mass is 32.2. The maximum Gasteiger partial charge on any atom is 0.154 e. The predicted molar refractivity (Wildman–Crippen MR) is 68.3 cm³/mol. The Hall–Kier alpha value is -0.0900. The average molecular weight is 247 g/mol. The van der Waals surface area contributed by atoms with E-state index in [-0.39, 0.29) is 0 Å². The van der Waals surface area contributed by atoms with Crippen molar-refractivity contribution in [1.82, 2.24) is 5.32 Å². The van der Waals surface area contributed by atoms with Crippen LogP contribution >= 0.6 is 0 Å². The van der Waals surface area contributed by atoms with Gasteiger partial charge in [-0.25, -0.2) is 8.42 Å². The summed E-state index contributed by atoms with van der Waals surface area (Å²) in [6, 6.07) is 0.344. The van der Waals surface area contributed by atoms with Crippen LogP contribution in [-0.4, -0.2) is 32.0 Å². The number of nitrogens with one attached hydrogen (secondary N) is 1. The third-order valence-electron chi connectivity index (χ3n) is 3.83. The number of hydrogen-bond donors (Lipinski definition) is 1. The van der Waals surface area contributed by atoms with Crippen LogP contribution in [0.1, 0.15) is 40.5 Å². The van der Waals surface area contributed by atoms with Crippen LogP contribution in [0.15, 0.2) is 0 Å². The molecule has 4 heteroatoms. The van der Waals surface area contributed by atoms with Gasteiger partial charge in [0, 0.05) is 18.8 Å². The van der Waals surface area contributed by atoms with Crippen LogP contribution in [0.5, 0.6) is 0 Å². The van der Waals surface area contributed by atoms with Crippen LogP contribution in [-0.2, 0) is 9.84 Å². The maximum atomic E-state index is 11.9. The predicted octanol–water partition coefficient (Wildman–Crippen LogP) is 1.83. The van der Waals surface area contributed by atoms with Crippen molar-refractivity contribution < 1.29 is 8.42 Å². The van der Waals surface area contributed by atoms with Crippen LogP contribution in [0.2, 0.25) is 0 Å². The van der Waals surface area contributed by atoms with E-state index >= 15 is 0 Å². The standard InChI is InChI=1S/C12H25NO2S/c1-9(2)11-6-12(7-11,16(5,14)15)8-13-10(3)4/h9-11,13H,6-8H2,1-5H3. The van der Waals surface area contributed by atoms with Crippen molar-refractivity contribution in [2.75, 3.05) is 12.8 Å². The first-order valence-electron chi connectivity index (χ1n) is 6.11. The molecule has 0 radical (unpaired) electrons. The summed E-state index contributed by atoms with van der Waals surface area (Å²) >= 11 is 0. The van der Waals surface area contributed by atoms with E-state index in [1.807, 2.05) is 0 Å². The summed E-state index contributed by atoms with van der Waals surface area (Å²) in [5.74, 6) is 1.16. The van der Waals surface area contributed by atoms with Gasteiger partial charge >= 0.3 is 0 Å². The van der Waals surface area contributed by atoms with E-state index in [1.54, 1.807) is 0 Å². The average Bonchev–Trinajstić information content (AvgIpc) is 1.97. The molecule has 0 spiro atoms. The summed E-state index contributed by atoms with van der Waals surface area (Å²) in [4.78, 5) is 0. The number of rotatable bonds is 5. The molecule has 0 saturated heterocycles. The molecule has 0 heterocycles. The van der Waals surface area contributed by atoms with Crippen LogP contribution < -0.4 is 5.32 Å². The van der Waals surface area contributed by atoms with E-state index in [2.05, 4.69) is 33.0 Å². The van der Waals surface area contributed by atoms with Crippen LogP contribution in [0.3, 0.4) is 0 Å². The molecule has 0 aromatic rings. The van der Waals surface area contributed by atoms with E-state index in [0.717, 1.165) is 12.8 Å². The largest absolute Gasteiger partial charge is 0.313 e. The van der Waals surface area contributed by atoms with E-state index in [1.165, 1.54) is 6.26 Å². The fourth-order valence-corrected chi connectivity index (χ4v) is 3.71. The van der Waals surface area contributed by atoms with Gasteiger partial charge in [0.2, 0.25) is 0 Å². The second-order valence-electron chi connectivity index (χ2n) is 5.90. The van der Waals surface area contributed by atoms with Gasteiger partial charge in [-0.1, -0.05) is 27.7 Å². The van der Waals surface area contributed by atoms with Gasteiger partial charge in [0.25, 0.3) is 0 Å². The van der Waals surface area contributed by atoms with Gasteiger partial charge < -0.3 is 5.32 Å². The molecule has 1 N–H and O–H groups in total. The Morgan fingerprint density at radius 2 is 1.75 bits per heavy atom. The lowest BCUT2D eigenvalue weighted by Crippen LogP contribution is -2.58. The summed E-state index contributed by atoms with van der Waals surface area (Å²) in [5.41, 5.74) is 0. The highest BCUT2D eigenvalue weighted by Crippen LogP contribution is 2.46. The fourth-order valence-electron chi connectivity index (χ4n) is 2.34. The first-order valence-corrected chi connectivity index (χ1v) is 8.00. The minimum absolute atomic E-state index is 0.344. The molecule has 0 bridgehead atoms. The Kier molecular flexibility index (Phi) is 4.06. The van der Waals surface area contributed by atoms with Crippen molar-refractivity contribution in [3.8, 4) is 0 Å². The quantitative estimate of drug-likeness (QED) is 0.806. The second kappa shape index (κ2) is 4.65. The highest BCUT2D eigenvalue weighted by Gasteiger charge is 2.52. The Balaban J connectivity index is 2.69. The molecule has 16 heavy (non-hydrogen) atoms. The lowest BCUT2D eigenvalue weighted by molar-refractivity contribution is 0.158. The molecule has 0 aliphatic heterocycles. The van der Waals surface area contributed by atoms with Crippen LogP contribution in [0, 0.1) is 11.8 Å². The zero-order chi connectivity index (χ0) is 12.6. The van der Waals surface area contributed by atoms with Crippen molar-refractivity contribution in [3.63, 3.8) is 0 Å². The van der Waals surface area contributed by atoms with Crippen molar-refractivity contribution in [2.45, 2.75) is 51.3 Å². The summed E-state index contributed by atoms with van der Waals surface area (Å²) in [7, 11) is -2.95. The van der Waals surface area contributed by atoms with Gasteiger partial charge in [-0.15, -0.1) is 0 Å². The number of sulfone groups is 1. The summed E-state index contributed by atoms with van der Waals surface area (Å²) in [6.45, 7) is 9.05. The molecule has 1 saturated carbocycles. The summed E-state index contributed by atoms with van der Waals surface area (Å²) < 4.78 is 23.3. The molecule has 96 valence electrons. The van der Waals surface area contributed by atoms with E-state index in [4.69, 9.17) is 0 Å². The monoisotopic (exact) mass is 247 g/mol. The lowest BCUT2D eigenvalue weighted by atomic mass is 9.68. The molecular formula is C12H25NO2S. The van der Waals surface area contributed by atoms with Gasteiger partial charge in [-0.3, -0.25) is 0 Å². The Labute approximate surface area is 99.9 Å². The van der Waals surface area contributed by atoms with Gasteiger partial charge in [0.1, 0.15) is 0 Å². The lowest BCUT2D eigenvalue weighted by Gasteiger charge is -2.48. The van der Waals surface area contributed by atoms with Crippen molar-refractivity contribution in [3.05, 3.63) is 0 Å². The Morgan fingerprint density at radius 1 is 1.25 bits per heavy atom. The van der Waals surface area contributed by atoms with Crippen LogP contribution in [0.25, 0.3) is 0 Å². The van der Waals surface area contributed by atoms with E-state index in [9.17, 15) is 8.42 Å². The maximum absolute atomic E-state index is 11.9. The van der Waals surface area contributed by atoms with Gasteiger partial charge in [0.05, 0.1) is 4.75 Å². The molecule has 1 aliphatic carbocycles. The molecule has 1 rings (SSSR count). The first-order chi connectivity index (χ1) is 7.18. The smallest absolute Gasteiger partial charge is 0.154 e. The van der Waals surface area contributed by atoms with Crippen molar-refractivity contribution in [2.24, 2.45) is 11.8 Å². The second-order valence-corrected chi connectivity index (χ2v) is 8.31. The SMILES string of the molecule is CC(C)NCC1(S(C)(=O)=O)CC(C(C)C)C1. The zero-order valence-corrected chi connectivity index (χ0v) is 11.9. The third-order valence-corrected chi connectivity index (χ3v) is 5.88. The molecule has 0 aromatic heterocycles. The minimum Gasteiger partial charge on any atom is -0.313 e. The first kappa shape index (κ1) is 14.0. The zero-order valence-electron chi connectivity index (χ0n) is 11.1. The topological polar surface area (TPSA) is 46.2 Å². The van der Waals surface area contributed by atoms with E-state index < -0.39 is 14.6 Å². The Bertz CT molecular complexity index is 321. The Morgan fingerprint density at radius 3 is 2.06 bits per heavy atom. The normalized spacial score (nSPS) is 30.8. The molecule has 1 fully saturated rings. The third kappa shape index (κ3) is 2.77. The molecule has 0 unspecified atom stereocenters. The molecule has 3 nitrogen and oxygen atoms in total. The summed E-state index contributed by atoms with van der Waals surface area (Å²) in [5, 5.41) is 3.28. The summed E-state index contributed by atoms with van der Waals surface area (Å²) in [6.07, 6.45) is 3.03. The van der Waals surface area contributed by atoms with Gasteiger partial charge in [-0.2, -0.15) is 0 Å². The van der Waals surface area contributed by atoms with Crippen molar-refractivity contribution in [1.29, 1.82) is 0 Å². The van der Waals surface area contributed by atoms with Crippen LogP contribution in [0.4, 0.5) is 0 Å². The molecule has 0 amide bonds. The van der Waals surface area contributed by atoms with Gasteiger partial charge in [-0.05, 0) is 24.7 Å². The highest BCUT2D eigenvalue weighted by molar-refractivity contribution is 7.92. The fraction of sp³-hybridized carbons (Fsp3) is 1.00. The molecule has 1 aliphatic rings. The van der Waals surface area contributed by atoms with Gasteiger partial charge in [0.15, 0.2) is 9.84 Å². The molecule has 0 atom stereocenters. The number of hydrogen-bond acceptors (Lipinski definition) is 3. The van der Waals surface area contributed by atoms with E-state index in [0.29, 0.717) is 24.4 Å².